The van der Waals surface area contributed by atoms with Gasteiger partial charge < -0.3 is 15.1 Å². The standard InChI is InChI=1S/C23H33ClN4O5S2/c1-16(2)13-21(29)25-14-17-5-3-11-28(17)22(30)15-27-10-4-6-19(23(27)31)26-35(32,33)12-9-18-7-8-20(24)34-18/h7-9,12,16-17,19,26H,3-6,10-11,13-15H2,1-2H3,(H,25,29)/b12-9+. The van der Waals surface area contributed by atoms with E-state index < -0.39 is 22.0 Å². The summed E-state index contributed by atoms with van der Waals surface area (Å²) in [6.45, 7) is 5.23. The lowest BCUT2D eigenvalue weighted by Crippen LogP contribution is -2.55. The molecule has 2 aliphatic heterocycles. The molecule has 0 radical (unpaired) electrons. The quantitative estimate of drug-likeness (QED) is 0.469. The molecule has 1 aromatic heterocycles. The Kier molecular flexibility index (Phi) is 9.74. The number of nitrogens with zero attached hydrogens (tertiary/aromatic N) is 2. The highest BCUT2D eigenvalue weighted by molar-refractivity contribution is 7.92. The smallest absolute Gasteiger partial charge is 0.242 e. The summed E-state index contributed by atoms with van der Waals surface area (Å²) in [7, 11) is -3.85. The number of carbonyl (C=O) groups is 3. The molecule has 0 bridgehead atoms. The second-order valence-electron chi connectivity index (χ2n) is 9.35. The van der Waals surface area contributed by atoms with Crippen molar-refractivity contribution in [1.29, 1.82) is 0 Å². The van der Waals surface area contributed by atoms with Crippen molar-refractivity contribution >= 4 is 56.8 Å². The number of hydrogen-bond donors (Lipinski definition) is 2. The summed E-state index contributed by atoms with van der Waals surface area (Å²) in [6, 6.07) is 2.38. The summed E-state index contributed by atoms with van der Waals surface area (Å²) in [6.07, 6.45) is 4.47. The molecular weight excluding hydrogens is 512 g/mol. The zero-order chi connectivity index (χ0) is 25.6. The molecule has 2 N–H and O–H groups in total. The van der Waals surface area contributed by atoms with E-state index in [0.717, 1.165) is 18.2 Å². The maximum Gasteiger partial charge on any atom is 0.242 e. The van der Waals surface area contributed by atoms with Crippen LogP contribution in [0.15, 0.2) is 17.5 Å². The summed E-state index contributed by atoms with van der Waals surface area (Å²) in [5, 5.41) is 3.93. The zero-order valence-corrected chi connectivity index (χ0v) is 22.4. The molecule has 0 spiro atoms. The van der Waals surface area contributed by atoms with E-state index in [4.69, 9.17) is 11.6 Å². The average molecular weight is 545 g/mol. The van der Waals surface area contributed by atoms with Crippen LogP contribution in [0.5, 0.6) is 0 Å². The molecule has 9 nitrogen and oxygen atoms in total. The molecule has 2 atom stereocenters. The first kappa shape index (κ1) is 27.6. The molecule has 3 rings (SSSR count). The van der Waals surface area contributed by atoms with Gasteiger partial charge in [-0.05, 0) is 49.8 Å². The molecular formula is C23H33ClN4O5S2. The Bertz CT molecular complexity index is 1060. The van der Waals surface area contributed by atoms with Crippen LogP contribution in [0.25, 0.3) is 6.08 Å². The average Bonchev–Trinajstić information content (AvgIpc) is 3.42. The molecule has 3 heterocycles. The summed E-state index contributed by atoms with van der Waals surface area (Å²) in [4.78, 5) is 41.8. The number of halogens is 1. The fraction of sp³-hybridized carbons (Fsp3) is 0.609. The SMILES string of the molecule is CC(C)CC(=O)NCC1CCCN1C(=O)CN1CCCC(NS(=O)(=O)/C=C/c2ccc(Cl)s2)C1=O. The normalized spacial score (nSPS) is 21.3. The van der Waals surface area contributed by atoms with Crippen molar-refractivity contribution in [1.82, 2.24) is 19.8 Å². The Hall–Kier alpha value is -1.95. The van der Waals surface area contributed by atoms with Gasteiger partial charge in [0.2, 0.25) is 27.7 Å². The van der Waals surface area contributed by atoms with E-state index in [0.29, 0.717) is 48.1 Å². The highest BCUT2D eigenvalue weighted by Crippen LogP contribution is 2.23. The maximum atomic E-state index is 13.0. The minimum absolute atomic E-state index is 0.0307. The Morgan fingerprint density at radius 2 is 1.97 bits per heavy atom. The summed E-state index contributed by atoms with van der Waals surface area (Å²) in [5.74, 6) is -0.355. The molecule has 1 aromatic rings. The summed E-state index contributed by atoms with van der Waals surface area (Å²) < 4.78 is 28.0. The van der Waals surface area contributed by atoms with E-state index in [1.165, 1.54) is 22.3 Å². The fourth-order valence-electron chi connectivity index (χ4n) is 4.32. The number of piperidine rings is 1. The second kappa shape index (κ2) is 12.3. The van der Waals surface area contributed by atoms with E-state index in [1.807, 2.05) is 13.8 Å². The Morgan fingerprint density at radius 3 is 2.66 bits per heavy atom. The fourth-order valence-corrected chi connectivity index (χ4v) is 6.39. The topological polar surface area (TPSA) is 116 Å². The van der Waals surface area contributed by atoms with E-state index in [2.05, 4.69) is 10.0 Å². The first-order chi connectivity index (χ1) is 16.5. The lowest BCUT2D eigenvalue weighted by atomic mass is 10.1. The van der Waals surface area contributed by atoms with Crippen LogP contribution < -0.4 is 10.0 Å². The maximum absolute atomic E-state index is 13.0. The van der Waals surface area contributed by atoms with E-state index in [1.54, 1.807) is 17.0 Å². The van der Waals surface area contributed by atoms with Crippen LogP contribution in [0, 0.1) is 5.92 Å². The molecule has 0 aromatic carbocycles. The molecule has 194 valence electrons. The number of hydrogen-bond acceptors (Lipinski definition) is 6. The lowest BCUT2D eigenvalue weighted by Gasteiger charge is -2.34. The summed E-state index contributed by atoms with van der Waals surface area (Å²) in [5.41, 5.74) is 0. The minimum atomic E-state index is -3.85. The number of rotatable bonds is 10. The number of amides is 3. The van der Waals surface area contributed by atoms with Gasteiger partial charge in [0, 0.05) is 42.4 Å². The predicted octanol–water partition coefficient (Wildman–Crippen LogP) is 2.44. The van der Waals surface area contributed by atoms with E-state index in [-0.39, 0.29) is 30.3 Å². The molecule has 0 saturated carbocycles. The molecule has 2 saturated heterocycles. The minimum Gasteiger partial charge on any atom is -0.354 e. The third kappa shape index (κ3) is 8.30. The molecule has 2 fully saturated rings. The van der Waals surface area contributed by atoms with Crippen molar-refractivity contribution in [2.24, 2.45) is 5.92 Å². The molecule has 2 unspecified atom stereocenters. The van der Waals surface area contributed by atoms with Gasteiger partial charge in [0.05, 0.1) is 10.9 Å². The zero-order valence-electron chi connectivity index (χ0n) is 20.0. The largest absolute Gasteiger partial charge is 0.354 e. The Labute approximate surface area is 215 Å². The van der Waals surface area contributed by atoms with Crippen LogP contribution in [0.1, 0.15) is 50.8 Å². The number of thiophene rings is 1. The third-order valence-electron chi connectivity index (χ3n) is 5.99. The molecule has 35 heavy (non-hydrogen) atoms. The van der Waals surface area contributed by atoms with Gasteiger partial charge in [-0.1, -0.05) is 25.4 Å². The van der Waals surface area contributed by atoms with Crippen molar-refractivity contribution in [3.8, 4) is 0 Å². The van der Waals surface area contributed by atoms with Crippen LogP contribution in [0.2, 0.25) is 4.34 Å². The van der Waals surface area contributed by atoms with E-state index in [9.17, 15) is 22.8 Å². The van der Waals surface area contributed by atoms with Gasteiger partial charge in [0.1, 0.15) is 6.04 Å². The van der Waals surface area contributed by atoms with Gasteiger partial charge in [-0.2, -0.15) is 4.72 Å². The second-order valence-corrected chi connectivity index (χ2v) is 12.7. The van der Waals surface area contributed by atoms with Gasteiger partial charge >= 0.3 is 0 Å². The van der Waals surface area contributed by atoms with Crippen LogP contribution in [-0.2, 0) is 24.4 Å². The van der Waals surface area contributed by atoms with Crippen molar-refractivity contribution < 1.29 is 22.8 Å². The first-order valence-electron chi connectivity index (χ1n) is 11.8. The van der Waals surface area contributed by atoms with Gasteiger partial charge in [0.25, 0.3) is 0 Å². The third-order valence-corrected chi connectivity index (χ3v) is 8.30. The summed E-state index contributed by atoms with van der Waals surface area (Å²) >= 11 is 7.12. The van der Waals surface area contributed by atoms with Gasteiger partial charge in [-0.25, -0.2) is 8.42 Å². The monoisotopic (exact) mass is 544 g/mol. The predicted molar refractivity (Wildman–Crippen MR) is 137 cm³/mol. The first-order valence-corrected chi connectivity index (χ1v) is 14.6. The van der Waals surface area contributed by atoms with Gasteiger partial charge in [-0.15, -0.1) is 11.3 Å². The molecule has 3 amide bonds. The van der Waals surface area contributed by atoms with Gasteiger partial charge in [-0.3, -0.25) is 14.4 Å². The van der Waals surface area contributed by atoms with Crippen LogP contribution >= 0.6 is 22.9 Å². The van der Waals surface area contributed by atoms with Crippen LogP contribution in [0.3, 0.4) is 0 Å². The van der Waals surface area contributed by atoms with Crippen molar-refractivity contribution in [3.05, 3.63) is 26.8 Å². The number of likely N-dealkylation sites (tertiary alicyclic amines) is 2. The number of nitrogens with one attached hydrogen (secondary N) is 2. The molecule has 2 aliphatic rings. The highest BCUT2D eigenvalue weighted by atomic mass is 35.5. The van der Waals surface area contributed by atoms with Crippen LogP contribution in [-0.4, -0.2) is 74.2 Å². The number of carbonyl (C=O) groups excluding carboxylic acids is 3. The number of sulfonamides is 1. The lowest BCUT2D eigenvalue weighted by molar-refractivity contribution is -0.143. The van der Waals surface area contributed by atoms with E-state index >= 15 is 0 Å². The van der Waals surface area contributed by atoms with Crippen molar-refractivity contribution in [2.75, 3.05) is 26.2 Å². The van der Waals surface area contributed by atoms with Crippen molar-refractivity contribution in [3.63, 3.8) is 0 Å². The Morgan fingerprint density at radius 1 is 1.23 bits per heavy atom. The highest BCUT2D eigenvalue weighted by Gasteiger charge is 2.35. The van der Waals surface area contributed by atoms with Crippen molar-refractivity contribution in [2.45, 2.75) is 58.0 Å². The van der Waals surface area contributed by atoms with Crippen LogP contribution in [0.4, 0.5) is 0 Å². The van der Waals surface area contributed by atoms with Gasteiger partial charge in [0.15, 0.2) is 0 Å². The Balaban J connectivity index is 1.54. The molecule has 12 heteroatoms. The molecule has 0 aliphatic carbocycles.